The molecular formula is C17H23N3O. The summed E-state index contributed by atoms with van der Waals surface area (Å²) in [6.07, 6.45) is 2.56. The summed E-state index contributed by atoms with van der Waals surface area (Å²) in [5.41, 5.74) is 1.24. The van der Waals surface area contributed by atoms with E-state index in [1.807, 2.05) is 13.0 Å². The average molecular weight is 285 g/mol. The first-order valence-corrected chi connectivity index (χ1v) is 7.58. The zero-order chi connectivity index (χ0) is 15.4. The van der Waals surface area contributed by atoms with Crippen molar-refractivity contribution < 1.29 is 4.79 Å². The van der Waals surface area contributed by atoms with Gasteiger partial charge in [-0.15, -0.1) is 0 Å². The van der Waals surface area contributed by atoms with Crippen molar-refractivity contribution in [3.63, 3.8) is 0 Å². The minimum Gasteiger partial charge on any atom is -0.325 e. The molecule has 1 atom stereocenters. The number of nitriles is 1. The molecule has 1 fully saturated rings. The van der Waals surface area contributed by atoms with E-state index in [1.54, 1.807) is 18.2 Å². The van der Waals surface area contributed by atoms with Crippen LogP contribution in [-0.2, 0) is 4.79 Å². The fourth-order valence-corrected chi connectivity index (χ4v) is 2.48. The van der Waals surface area contributed by atoms with Gasteiger partial charge in [-0.3, -0.25) is 9.69 Å². The van der Waals surface area contributed by atoms with E-state index >= 15 is 0 Å². The summed E-state index contributed by atoms with van der Waals surface area (Å²) in [5.74, 6) is 0.740. The molecule has 1 aromatic rings. The van der Waals surface area contributed by atoms with Gasteiger partial charge in [-0.2, -0.15) is 5.26 Å². The third-order valence-corrected chi connectivity index (χ3v) is 3.97. The number of nitrogens with one attached hydrogen (secondary N) is 1. The monoisotopic (exact) mass is 285 g/mol. The van der Waals surface area contributed by atoms with Crippen molar-refractivity contribution in [3.8, 4) is 6.07 Å². The molecule has 1 amide bonds. The highest BCUT2D eigenvalue weighted by atomic mass is 16.2. The smallest absolute Gasteiger partial charge is 0.241 e. The molecule has 0 radical (unpaired) electrons. The molecule has 2 rings (SSSR count). The Bertz CT molecular complexity index is 543. The minimum absolute atomic E-state index is 0.0144. The minimum atomic E-state index is -0.170. The van der Waals surface area contributed by atoms with Crippen molar-refractivity contribution in [2.45, 2.75) is 45.7 Å². The van der Waals surface area contributed by atoms with Crippen molar-refractivity contribution in [1.82, 2.24) is 4.90 Å². The number of hydrogen-bond donors (Lipinski definition) is 1. The first-order valence-electron chi connectivity index (χ1n) is 7.58. The molecule has 1 aromatic carbocycles. The van der Waals surface area contributed by atoms with E-state index in [9.17, 15) is 4.79 Å². The molecule has 1 N–H and O–H groups in total. The average Bonchev–Trinajstić information content (AvgIpc) is 3.28. The van der Waals surface area contributed by atoms with E-state index in [0.717, 1.165) is 12.5 Å². The maximum atomic E-state index is 12.4. The molecule has 1 aliphatic rings. The zero-order valence-electron chi connectivity index (χ0n) is 13.0. The summed E-state index contributed by atoms with van der Waals surface area (Å²) in [6.45, 7) is 7.20. The lowest BCUT2D eigenvalue weighted by molar-refractivity contribution is -0.121. The van der Waals surface area contributed by atoms with Crippen LogP contribution in [0.3, 0.4) is 0 Å². The van der Waals surface area contributed by atoms with Gasteiger partial charge in [0.2, 0.25) is 5.91 Å². The molecule has 21 heavy (non-hydrogen) atoms. The number of carbonyl (C=O) groups is 1. The molecule has 0 aliphatic heterocycles. The van der Waals surface area contributed by atoms with E-state index in [1.165, 1.54) is 12.8 Å². The van der Waals surface area contributed by atoms with Crippen LogP contribution in [0.15, 0.2) is 24.3 Å². The fraction of sp³-hybridized carbons (Fsp3) is 0.529. The van der Waals surface area contributed by atoms with Crippen molar-refractivity contribution >= 4 is 11.6 Å². The highest BCUT2D eigenvalue weighted by molar-refractivity contribution is 5.94. The van der Waals surface area contributed by atoms with Gasteiger partial charge in [-0.05, 0) is 57.7 Å². The van der Waals surface area contributed by atoms with Gasteiger partial charge in [0.05, 0.1) is 17.7 Å². The Balaban J connectivity index is 2.01. The third-order valence-electron chi connectivity index (χ3n) is 3.97. The second kappa shape index (κ2) is 6.73. The maximum Gasteiger partial charge on any atom is 0.241 e. The molecule has 0 spiro atoms. The normalized spacial score (nSPS) is 15.8. The van der Waals surface area contributed by atoms with E-state index in [-0.39, 0.29) is 11.9 Å². The van der Waals surface area contributed by atoms with Crippen LogP contribution in [0.25, 0.3) is 0 Å². The topological polar surface area (TPSA) is 56.1 Å². The summed E-state index contributed by atoms with van der Waals surface area (Å²) in [6, 6.07) is 9.28. The molecular weight excluding hydrogens is 262 g/mol. The number of hydrogen-bond acceptors (Lipinski definition) is 3. The first kappa shape index (κ1) is 15.5. The van der Waals surface area contributed by atoms with Gasteiger partial charge in [0.25, 0.3) is 0 Å². The van der Waals surface area contributed by atoms with Crippen LogP contribution in [0.1, 0.15) is 39.2 Å². The van der Waals surface area contributed by atoms with Gasteiger partial charge in [-0.25, -0.2) is 0 Å². The SMILES string of the molecule is CC(C)N(CC1CC1)C(C)C(=O)Nc1cccc(C#N)c1. The number of rotatable bonds is 6. The van der Waals surface area contributed by atoms with E-state index in [2.05, 4.69) is 30.1 Å². The second-order valence-corrected chi connectivity index (χ2v) is 6.09. The second-order valence-electron chi connectivity index (χ2n) is 6.09. The Kier molecular flexibility index (Phi) is 4.98. The molecule has 0 aromatic heterocycles. The summed E-state index contributed by atoms with van der Waals surface area (Å²) in [5, 5.41) is 11.8. The number of benzene rings is 1. The number of carbonyl (C=O) groups excluding carboxylic acids is 1. The molecule has 1 aliphatic carbocycles. The summed E-state index contributed by atoms with van der Waals surface area (Å²) in [4.78, 5) is 14.7. The molecule has 1 saturated carbocycles. The lowest BCUT2D eigenvalue weighted by Crippen LogP contribution is -2.46. The Morgan fingerprint density at radius 2 is 2.14 bits per heavy atom. The van der Waals surface area contributed by atoms with Gasteiger partial charge in [0, 0.05) is 18.3 Å². The third kappa shape index (κ3) is 4.30. The van der Waals surface area contributed by atoms with E-state index in [4.69, 9.17) is 5.26 Å². The predicted molar refractivity (Wildman–Crippen MR) is 83.8 cm³/mol. The van der Waals surface area contributed by atoms with Crippen LogP contribution >= 0.6 is 0 Å². The fourth-order valence-electron chi connectivity index (χ4n) is 2.48. The van der Waals surface area contributed by atoms with Crippen LogP contribution in [0.2, 0.25) is 0 Å². The highest BCUT2D eigenvalue weighted by Gasteiger charge is 2.30. The summed E-state index contributed by atoms with van der Waals surface area (Å²) < 4.78 is 0. The molecule has 4 heteroatoms. The lowest BCUT2D eigenvalue weighted by atomic mass is 10.1. The van der Waals surface area contributed by atoms with Gasteiger partial charge >= 0.3 is 0 Å². The molecule has 0 heterocycles. The number of anilines is 1. The molecule has 0 bridgehead atoms. The highest BCUT2D eigenvalue weighted by Crippen LogP contribution is 2.31. The maximum absolute atomic E-state index is 12.4. The summed E-state index contributed by atoms with van der Waals surface area (Å²) in [7, 11) is 0. The largest absolute Gasteiger partial charge is 0.325 e. The van der Waals surface area contributed by atoms with Crippen molar-refractivity contribution in [1.29, 1.82) is 5.26 Å². The van der Waals surface area contributed by atoms with Crippen molar-refractivity contribution in [3.05, 3.63) is 29.8 Å². The van der Waals surface area contributed by atoms with Crippen LogP contribution in [0, 0.1) is 17.2 Å². The Labute approximate surface area is 126 Å². The van der Waals surface area contributed by atoms with Crippen LogP contribution < -0.4 is 5.32 Å². The van der Waals surface area contributed by atoms with Gasteiger partial charge in [0.15, 0.2) is 0 Å². The van der Waals surface area contributed by atoms with E-state index < -0.39 is 0 Å². The van der Waals surface area contributed by atoms with Gasteiger partial charge in [0.1, 0.15) is 0 Å². The first-order chi connectivity index (χ1) is 10.0. The van der Waals surface area contributed by atoms with Gasteiger partial charge < -0.3 is 5.32 Å². The summed E-state index contributed by atoms with van der Waals surface area (Å²) >= 11 is 0. The van der Waals surface area contributed by atoms with Crippen molar-refractivity contribution in [2.24, 2.45) is 5.92 Å². The Morgan fingerprint density at radius 3 is 2.71 bits per heavy atom. The molecule has 112 valence electrons. The van der Waals surface area contributed by atoms with Crippen LogP contribution in [0.5, 0.6) is 0 Å². The Hall–Kier alpha value is -1.86. The number of nitrogens with zero attached hydrogens (tertiary/aromatic N) is 2. The van der Waals surface area contributed by atoms with E-state index in [0.29, 0.717) is 17.3 Å². The van der Waals surface area contributed by atoms with Crippen molar-refractivity contribution in [2.75, 3.05) is 11.9 Å². The lowest BCUT2D eigenvalue weighted by Gasteiger charge is -2.31. The quantitative estimate of drug-likeness (QED) is 0.874. The Morgan fingerprint density at radius 1 is 1.43 bits per heavy atom. The van der Waals surface area contributed by atoms with Crippen LogP contribution in [0.4, 0.5) is 5.69 Å². The van der Waals surface area contributed by atoms with Crippen LogP contribution in [-0.4, -0.2) is 29.4 Å². The standard InChI is InChI=1S/C17H23N3O/c1-12(2)20(11-14-7-8-14)13(3)17(21)19-16-6-4-5-15(9-16)10-18/h4-6,9,12-14H,7-8,11H2,1-3H3,(H,19,21). The molecule has 0 saturated heterocycles. The number of amides is 1. The zero-order valence-corrected chi connectivity index (χ0v) is 13.0. The van der Waals surface area contributed by atoms with Gasteiger partial charge in [-0.1, -0.05) is 6.07 Å². The predicted octanol–water partition coefficient (Wildman–Crippen LogP) is 3.01. The molecule has 4 nitrogen and oxygen atoms in total. The molecule has 1 unspecified atom stereocenters.